The summed E-state index contributed by atoms with van der Waals surface area (Å²) in [6.45, 7) is 7.90. The van der Waals surface area contributed by atoms with E-state index in [1.54, 1.807) is 12.1 Å². The van der Waals surface area contributed by atoms with Gasteiger partial charge in [0.05, 0.1) is 11.8 Å². The highest BCUT2D eigenvalue weighted by Crippen LogP contribution is 2.33. The molecule has 0 bridgehead atoms. The molecule has 0 aliphatic carbocycles. The fraction of sp³-hybridized carbons (Fsp3) is 0.375. The molecule has 1 N–H and O–H groups in total. The minimum absolute atomic E-state index is 0.00769. The van der Waals surface area contributed by atoms with Gasteiger partial charge >= 0.3 is 6.03 Å². The number of rotatable bonds is 5. The molecule has 1 aliphatic rings. The molecule has 0 aromatic heterocycles. The first-order chi connectivity index (χ1) is 14.3. The predicted molar refractivity (Wildman–Crippen MR) is 119 cm³/mol. The minimum Gasteiger partial charge on any atom is -0.336 e. The molecule has 0 saturated carbocycles. The van der Waals surface area contributed by atoms with Crippen LogP contribution in [0.3, 0.4) is 0 Å². The molecular formula is C24H30N4O2. The summed E-state index contributed by atoms with van der Waals surface area (Å²) in [6.07, 6.45) is 0.639. The number of benzene rings is 2. The van der Waals surface area contributed by atoms with E-state index in [9.17, 15) is 9.59 Å². The number of aryl methyl sites for hydroxylation is 2. The Bertz CT molecular complexity index is 953. The Balaban J connectivity index is 1.86. The van der Waals surface area contributed by atoms with Crippen LogP contribution in [0.15, 0.2) is 53.6 Å². The van der Waals surface area contributed by atoms with Gasteiger partial charge in [-0.05, 0) is 56.0 Å². The summed E-state index contributed by atoms with van der Waals surface area (Å²) < 4.78 is 0. The van der Waals surface area contributed by atoms with E-state index in [-0.39, 0.29) is 30.6 Å². The Morgan fingerprint density at radius 3 is 2.47 bits per heavy atom. The molecule has 1 unspecified atom stereocenters. The first-order valence-corrected chi connectivity index (χ1v) is 10.3. The Morgan fingerprint density at radius 1 is 1.13 bits per heavy atom. The third-order valence-electron chi connectivity index (χ3n) is 5.32. The summed E-state index contributed by atoms with van der Waals surface area (Å²) in [6, 6.07) is 15.7. The maximum Gasteiger partial charge on any atom is 0.317 e. The second-order valence-electron chi connectivity index (χ2n) is 8.17. The van der Waals surface area contributed by atoms with Crippen molar-refractivity contribution in [1.82, 2.24) is 15.2 Å². The highest BCUT2D eigenvalue weighted by molar-refractivity contribution is 6.03. The molecule has 6 heteroatoms. The van der Waals surface area contributed by atoms with Crippen LogP contribution < -0.4 is 5.32 Å². The number of nitrogens with zero attached hydrogens (tertiary/aromatic N) is 3. The van der Waals surface area contributed by atoms with Gasteiger partial charge in [-0.1, -0.05) is 42.5 Å². The molecule has 0 saturated heterocycles. The molecule has 158 valence electrons. The van der Waals surface area contributed by atoms with Crippen LogP contribution in [0.25, 0.3) is 0 Å². The van der Waals surface area contributed by atoms with Crippen LogP contribution >= 0.6 is 0 Å². The maximum atomic E-state index is 13.1. The van der Waals surface area contributed by atoms with Crippen LogP contribution in [0.4, 0.5) is 4.79 Å². The zero-order valence-electron chi connectivity index (χ0n) is 18.3. The van der Waals surface area contributed by atoms with Crippen molar-refractivity contribution < 1.29 is 9.59 Å². The van der Waals surface area contributed by atoms with Gasteiger partial charge in [-0.3, -0.25) is 4.79 Å². The van der Waals surface area contributed by atoms with Crippen LogP contribution in [0.5, 0.6) is 0 Å². The van der Waals surface area contributed by atoms with Crippen LogP contribution in [0, 0.1) is 13.8 Å². The number of amides is 3. The van der Waals surface area contributed by atoms with E-state index in [1.165, 1.54) is 16.0 Å². The van der Waals surface area contributed by atoms with Gasteiger partial charge in [-0.2, -0.15) is 5.10 Å². The second kappa shape index (κ2) is 9.11. The van der Waals surface area contributed by atoms with E-state index in [1.807, 2.05) is 44.2 Å². The summed E-state index contributed by atoms with van der Waals surface area (Å²) in [5.74, 6) is -0.205. The smallest absolute Gasteiger partial charge is 0.317 e. The average Bonchev–Trinajstić information content (AvgIpc) is 3.16. The summed E-state index contributed by atoms with van der Waals surface area (Å²) in [4.78, 5) is 26.7. The number of likely N-dealkylation sites (N-methyl/N-ethyl adjacent to an activating group) is 1. The molecule has 3 amide bonds. The van der Waals surface area contributed by atoms with Crippen molar-refractivity contribution in [2.24, 2.45) is 5.10 Å². The largest absolute Gasteiger partial charge is 0.336 e. The molecule has 1 atom stereocenters. The summed E-state index contributed by atoms with van der Waals surface area (Å²) >= 11 is 0. The van der Waals surface area contributed by atoms with Gasteiger partial charge in [0.2, 0.25) is 0 Å². The van der Waals surface area contributed by atoms with E-state index in [0.29, 0.717) is 6.42 Å². The lowest BCUT2D eigenvalue weighted by Gasteiger charge is -2.25. The molecule has 2 aromatic carbocycles. The summed E-state index contributed by atoms with van der Waals surface area (Å²) in [7, 11) is 1.62. The van der Waals surface area contributed by atoms with Gasteiger partial charge in [-0.15, -0.1) is 0 Å². The fourth-order valence-electron chi connectivity index (χ4n) is 3.47. The Kier molecular flexibility index (Phi) is 6.55. The van der Waals surface area contributed by atoms with Gasteiger partial charge in [0.25, 0.3) is 5.91 Å². The lowest BCUT2D eigenvalue weighted by Crippen LogP contribution is -2.45. The van der Waals surface area contributed by atoms with Crippen molar-refractivity contribution in [3.63, 3.8) is 0 Å². The molecule has 1 heterocycles. The second-order valence-corrected chi connectivity index (χ2v) is 8.17. The lowest BCUT2D eigenvalue weighted by atomic mass is 9.96. The summed E-state index contributed by atoms with van der Waals surface area (Å²) in [5.41, 5.74) is 5.36. The average molecular weight is 407 g/mol. The standard InChI is InChI=1S/C24H30N4O2/c1-16(2)25-24(30)27(5)15-23(29)28-22(19-9-7-6-8-10-19)14-21(26-28)20-12-11-17(3)18(4)13-20/h6-13,16,22H,14-15H2,1-5H3,(H,25,30). The Hall–Kier alpha value is -3.15. The molecule has 30 heavy (non-hydrogen) atoms. The zero-order chi connectivity index (χ0) is 21.8. The van der Waals surface area contributed by atoms with Gasteiger partial charge < -0.3 is 10.2 Å². The number of nitrogens with one attached hydrogen (secondary N) is 1. The van der Waals surface area contributed by atoms with Crippen molar-refractivity contribution in [1.29, 1.82) is 0 Å². The predicted octanol–water partition coefficient (Wildman–Crippen LogP) is 4.03. The van der Waals surface area contributed by atoms with Crippen LogP contribution in [-0.2, 0) is 4.79 Å². The third kappa shape index (κ3) is 4.87. The molecule has 6 nitrogen and oxygen atoms in total. The summed E-state index contributed by atoms with van der Waals surface area (Å²) in [5, 5.41) is 9.05. The highest BCUT2D eigenvalue weighted by Gasteiger charge is 2.33. The molecule has 1 aliphatic heterocycles. The molecule has 0 fully saturated rings. The number of hydrogen-bond acceptors (Lipinski definition) is 3. The van der Waals surface area contributed by atoms with Crippen molar-refractivity contribution in [3.8, 4) is 0 Å². The maximum absolute atomic E-state index is 13.1. The zero-order valence-corrected chi connectivity index (χ0v) is 18.3. The van der Waals surface area contributed by atoms with E-state index >= 15 is 0 Å². The van der Waals surface area contributed by atoms with Gasteiger partial charge in [0.1, 0.15) is 6.54 Å². The minimum atomic E-state index is -0.271. The normalized spacial score (nSPS) is 15.9. The van der Waals surface area contributed by atoms with Crippen molar-refractivity contribution >= 4 is 17.6 Å². The lowest BCUT2D eigenvalue weighted by molar-refractivity contribution is -0.133. The van der Waals surface area contributed by atoms with E-state index in [0.717, 1.165) is 16.8 Å². The molecule has 3 rings (SSSR count). The number of hydrazone groups is 1. The molecular weight excluding hydrogens is 376 g/mol. The SMILES string of the molecule is Cc1ccc(C2=NN(C(=O)CN(C)C(=O)NC(C)C)C(c3ccccc3)C2)cc1C. The van der Waals surface area contributed by atoms with E-state index in [2.05, 4.69) is 37.4 Å². The molecule has 0 spiro atoms. The third-order valence-corrected chi connectivity index (χ3v) is 5.32. The van der Waals surface area contributed by atoms with Crippen molar-refractivity contribution in [2.75, 3.05) is 13.6 Å². The number of hydrogen-bond donors (Lipinski definition) is 1. The molecule has 0 radical (unpaired) electrons. The quantitative estimate of drug-likeness (QED) is 0.815. The first-order valence-electron chi connectivity index (χ1n) is 10.3. The van der Waals surface area contributed by atoms with E-state index < -0.39 is 0 Å². The van der Waals surface area contributed by atoms with E-state index in [4.69, 9.17) is 5.10 Å². The first kappa shape index (κ1) is 21.6. The van der Waals surface area contributed by atoms with Crippen molar-refractivity contribution in [3.05, 3.63) is 70.8 Å². The Morgan fingerprint density at radius 2 is 1.83 bits per heavy atom. The number of carbonyl (C=O) groups is 2. The van der Waals surface area contributed by atoms with Crippen LogP contribution in [0.2, 0.25) is 0 Å². The monoisotopic (exact) mass is 406 g/mol. The van der Waals surface area contributed by atoms with Crippen LogP contribution in [-0.4, -0.2) is 47.2 Å². The number of carbonyl (C=O) groups excluding carboxylic acids is 2. The fourth-order valence-corrected chi connectivity index (χ4v) is 3.47. The van der Waals surface area contributed by atoms with Gasteiger partial charge in [-0.25, -0.2) is 9.80 Å². The van der Waals surface area contributed by atoms with Crippen molar-refractivity contribution in [2.45, 2.75) is 46.2 Å². The number of urea groups is 1. The van der Waals surface area contributed by atoms with Crippen LogP contribution in [0.1, 0.15) is 48.6 Å². The molecule has 2 aromatic rings. The topological polar surface area (TPSA) is 65.0 Å². The highest BCUT2D eigenvalue weighted by atomic mass is 16.2. The van der Waals surface area contributed by atoms with Gasteiger partial charge in [0.15, 0.2) is 0 Å². The van der Waals surface area contributed by atoms with Gasteiger partial charge in [0, 0.05) is 19.5 Å². The Labute approximate surface area is 178 Å².